The van der Waals surface area contributed by atoms with Crippen molar-refractivity contribution in [3.8, 4) is 0 Å². The van der Waals surface area contributed by atoms with E-state index in [1.807, 2.05) is 0 Å². The normalized spacial score (nSPS) is 4.80. The molecular formula is H3CrMnMoNiSi. The third-order valence-corrected chi connectivity index (χ3v) is 0. The molecule has 0 bridgehead atoms. The van der Waals surface area contributed by atoms with Crippen LogP contribution in [0.3, 0.4) is 0 Å². The molecule has 0 spiro atoms. The van der Waals surface area contributed by atoms with Crippen LogP contribution in [0, 0.1) is 0 Å². The van der Waals surface area contributed by atoms with Gasteiger partial charge in [0, 0.05) is 34.4 Å². The van der Waals surface area contributed by atoms with Crippen LogP contribution >= 0.6 is 0 Å². The molecule has 0 fully saturated rings. The van der Waals surface area contributed by atoms with E-state index in [4.69, 9.17) is 0 Å². The Hall–Kier alpha value is 2.45. The van der Waals surface area contributed by atoms with Crippen LogP contribution in [-0.2, 0) is 63.5 Å². The van der Waals surface area contributed by atoms with Gasteiger partial charge < -0.3 is 0 Å². The van der Waals surface area contributed by atoms with Gasteiger partial charge in [0.1, 0.15) is 0 Å². The summed E-state index contributed by atoms with van der Waals surface area (Å²) in [5.41, 5.74) is 0. The molecule has 0 N–H and O–H groups in total. The third kappa shape index (κ3) is 21.3. The van der Waals surface area contributed by atoms with Crippen LogP contribution in [0.2, 0.25) is 0 Å². The molecule has 0 nitrogen and oxygen atoms in total. The quantitative estimate of drug-likeness (QED) is 0.493. The number of hydrogen-bond donors (Lipinski definition) is 0. The fourth-order valence-electron chi connectivity index (χ4n) is 0. The van der Waals surface area contributed by atoms with E-state index in [2.05, 4.69) is 17.9 Å². The summed E-state index contributed by atoms with van der Waals surface area (Å²) in [6.07, 6.45) is 0. The second-order valence-electron chi connectivity index (χ2n) is 0.129. The van der Waals surface area contributed by atoms with Crippen molar-refractivity contribution >= 4 is 8.94 Å². The third-order valence-electron chi connectivity index (χ3n) is 0. The van der Waals surface area contributed by atoms with Crippen molar-refractivity contribution in [1.29, 1.82) is 0 Å². The van der Waals surface area contributed by atoms with Gasteiger partial charge in [-0.25, -0.2) is 0 Å². The molecule has 0 heterocycles. The van der Waals surface area contributed by atoms with Crippen molar-refractivity contribution in [3.05, 3.63) is 0 Å². The van der Waals surface area contributed by atoms with E-state index in [0.717, 1.165) is 0 Å². The van der Waals surface area contributed by atoms with Crippen LogP contribution in [0.1, 0.15) is 0 Å². The first-order valence-electron chi connectivity index (χ1n) is 0.445. The van der Waals surface area contributed by atoms with Crippen LogP contribution in [0.15, 0.2) is 0 Å². The fraction of sp³-hybridized carbons (Fsp3) is 0. The second-order valence-corrected chi connectivity index (χ2v) is 9.45. The van der Waals surface area contributed by atoms with E-state index >= 15 is 0 Å². The van der Waals surface area contributed by atoms with Crippen molar-refractivity contribution in [2.75, 3.05) is 0 Å². The molecule has 5 heavy (non-hydrogen) atoms. The molecule has 0 aromatic heterocycles. The molecule has 0 saturated carbocycles. The molecule has 0 aromatic carbocycles. The van der Waals surface area contributed by atoms with E-state index in [1.54, 1.807) is 11.2 Å². The molecule has 36 valence electrons. The number of hydrogen-bond acceptors (Lipinski definition) is 0. The minimum absolute atomic E-state index is 0. The van der Waals surface area contributed by atoms with Crippen LogP contribution in [0.25, 0.3) is 0 Å². The molecule has 0 aliphatic carbocycles. The molecule has 0 aromatic rings. The van der Waals surface area contributed by atoms with Crippen molar-refractivity contribution in [1.82, 2.24) is 0 Å². The van der Waals surface area contributed by atoms with Gasteiger partial charge >= 0.3 is 38.0 Å². The summed E-state index contributed by atoms with van der Waals surface area (Å²) in [7, 11) is 1.31. The Morgan fingerprint density at radius 1 is 1.60 bits per heavy atom. The topological polar surface area (TPSA) is 0 Å². The summed E-state index contributed by atoms with van der Waals surface area (Å²) in [6, 6.07) is 0. The zero-order chi connectivity index (χ0) is 2.71. The molecule has 1 radical (unpaired) electrons. The van der Waals surface area contributed by atoms with Crippen molar-refractivity contribution in [3.63, 3.8) is 0 Å². The monoisotopic (exact) mass is 294 g/mol. The van der Waals surface area contributed by atoms with Crippen molar-refractivity contribution in [2.24, 2.45) is 0 Å². The summed E-state index contributed by atoms with van der Waals surface area (Å²) in [5.74, 6) is 0. The summed E-state index contributed by atoms with van der Waals surface area (Å²) < 4.78 is 0. The summed E-state index contributed by atoms with van der Waals surface area (Å²) >= 11 is 3.84. The first-order valence-corrected chi connectivity index (χ1v) is 7.06. The average Bonchev–Trinajstić information content (AvgIpc) is 0.918. The van der Waals surface area contributed by atoms with Gasteiger partial charge in [-0.3, -0.25) is 0 Å². The molecule has 0 rings (SSSR count). The molecule has 0 amide bonds. The molecule has 0 atom stereocenters. The second kappa shape index (κ2) is 16.1. The van der Waals surface area contributed by atoms with Crippen LogP contribution in [-0.4, -0.2) is 8.94 Å². The molecule has 0 aliphatic rings. The summed E-state index contributed by atoms with van der Waals surface area (Å²) in [4.78, 5) is 0. The van der Waals surface area contributed by atoms with Gasteiger partial charge in [0.2, 0.25) is 0 Å². The van der Waals surface area contributed by atoms with Crippen LogP contribution in [0.5, 0.6) is 0 Å². The van der Waals surface area contributed by atoms with Crippen LogP contribution in [0.4, 0.5) is 0 Å². The Balaban J connectivity index is -0.0000000200. The van der Waals surface area contributed by atoms with Gasteiger partial charge in [-0.05, 0) is 0 Å². The van der Waals surface area contributed by atoms with E-state index < -0.39 is 0 Å². The van der Waals surface area contributed by atoms with Gasteiger partial charge in [0.15, 0.2) is 0 Å². The first-order chi connectivity index (χ1) is 1.41. The SMILES string of the molecule is [Cr].[Mn].[SiH3][Ni][Mo]. The molecule has 5 heteroatoms. The van der Waals surface area contributed by atoms with Gasteiger partial charge in [0.05, 0.1) is 0 Å². The number of rotatable bonds is 0. The van der Waals surface area contributed by atoms with E-state index in [0.29, 0.717) is 0 Å². The maximum atomic E-state index is 2.07. The fourth-order valence-corrected chi connectivity index (χ4v) is 0. The molecule has 0 aliphatic heterocycles. The van der Waals surface area contributed by atoms with Crippen molar-refractivity contribution < 1.29 is 63.5 Å². The summed E-state index contributed by atoms with van der Waals surface area (Å²) in [5, 5.41) is 0. The molecule has 0 unspecified atom stereocenters. The Labute approximate surface area is 71.6 Å². The Kier molecular flexibility index (Phi) is 50.4. The van der Waals surface area contributed by atoms with E-state index in [9.17, 15) is 0 Å². The zero-order valence-electron chi connectivity index (χ0n) is 2.51. The maximum absolute atomic E-state index is 2.07. The van der Waals surface area contributed by atoms with Gasteiger partial charge in [0.25, 0.3) is 0 Å². The van der Waals surface area contributed by atoms with Crippen molar-refractivity contribution in [2.45, 2.75) is 0 Å². The predicted molar refractivity (Wildman–Crippen MR) is 9.94 cm³/mol. The van der Waals surface area contributed by atoms with Gasteiger partial charge in [-0.15, -0.1) is 0 Å². The zero-order valence-corrected chi connectivity index (χ0v) is 9.96. The van der Waals surface area contributed by atoms with Gasteiger partial charge in [-0.2, -0.15) is 0 Å². The Morgan fingerprint density at radius 3 is 1.60 bits per heavy atom. The molecular weight excluding hydrogens is 290 g/mol. The van der Waals surface area contributed by atoms with Crippen LogP contribution < -0.4 is 0 Å². The average molecular weight is 293 g/mol. The summed E-state index contributed by atoms with van der Waals surface area (Å²) in [6.45, 7) is 0. The van der Waals surface area contributed by atoms with E-state index in [1.165, 1.54) is 8.94 Å². The standard InChI is InChI=1S/Cr.Mn.Mo.Ni.H3Si/h;;;;1H3. The minimum atomic E-state index is 0. The Bertz CT molecular complexity index is 11.6. The molecule has 0 saturated heterocycles. The van der Waals surface area contributed by atoms with E-state index in [-0.39, 0.29) is 34.4 Å². The predicted octanol–water partition coefficient (Wildman–Crippen LogP) is -1.19. The Morgan fingerprint density at radius 2 is 1.60 bits per heavy atom. The first kappa shape index (κ1) is 15.7. The van der Waals surface area contributed by atoms with Gasteiger partial charge in [-0.1, -0.05) is 0 Å².